The zero-order valence-corrected chi connectivity index (χ0v) is 17.7. The predicted molar refractivity (Wildman–Crippen MR) is 116 cm³/mol. The molecule has 2 aromatic carbocycles. The van der Waals surface area contributed by atoms with Crippen LogP contribution in [0, 0.1) is 11.3 Å². The van der Waals surface area contributed by atoms with Crippen molar-refractivity contribution in [3.63, 3.8) is 0 Å². The highest BCUT2D eigenvalue weighted by Crippen LogP contribution is 2.34. The summed E-state index contributed by atoms with van der Waals surface area (Å²) in [5, 5.41) is 19.5. The number of hydrogen-bond acceptors (Lipinski definition) is 5. The Balaban J connectivity index is 1.75. The number of rotatable bonds is 5. The SMILES string of the molecule is CCOc1cc(/C=C(/C#N)C(=O)N2CCN(c3ccccc3)CC2)c(Br)cc1O. The number of anilines is 1. The van der Waals surface area contributed by atoms with E-state index in [1.54, 1.807) is 11.0 Å². The van der Waals surface area contributed by atoms with Gasteiger partial charge in [0.05, 0.1) is 6.61 Å². The fourth-order valence-electron chi connectivity index (χ4n) is 3.21. The summed E-state index contributed by atoms with van der Waals surface area (Å²) in [7, 11) is 0. The molecule has 0 aliphatic carbocycles. The van der Waals surface area contributed by atoms with Crippen molar-refractivity contribution in [1.29, 1.82) is 5.26 Å². The second-order valence-electron chi connectivity index (χ2n) is 6.56. The summed E-state index contributed by atoms with van der Waals surface area (Å²) in [5.74, 6) is 0.0130. The van der Waals surface area contributed by atoms with Gasteiger partial charge < -0.3 is 19.6 Å². The predicted octanol–water partition coefficient (Wildman–Crippen LogP) is 3.81. The molecule has 1 amide bonds. The Kier molecular flexibility index (Phi) is 6.78. The lowest BCUT2D eigenvalue weighted by molar-refractivity contribution is -0.126. The van der Waals surface area contributed by atoms with Crippen LogP contribution in [-0.2, 0) is 4.79 Å². The van der Waals surface area contributed by atoms with Crippen molar-refractivity contribution in [1.82, 2.24) is 4.90 Å². The van der Waals surface area contributed by atoms with E-state index in [0.717, 1.165) is 5.69 Å². The summed E-state index contributed by atoms with van der Waals surface area (Å²) in [5.41, 5.74) is 1.78. The van der Waals surface area contributed by atoms with Gasteiger partial charge in [0.2, 0.25) is 0 Å². The monoisotopic (exact) mass is 455 g/mol. The molecule has 1 fully saturated rings. The molecule has 0 radical (unpaired) electrons. The Morgan fingerprint density at radius 3 is 2.55 bits per heavy atom. The number of benzene rings is 2. The second-order valence-corrected chi connectivity index (χ2v) is 7.41. The van der Waals surface area contributed by atoms with Gasteiger partial charge >= 0.3 is 0 Å². The highest BCUT2D eigenvalue weighted by atomic mass is 79.9. The number of ether oxygens (including phenoxy) is 1. The van der Waals surface area contributed by atoms with Gasteiger partial charge in [0.1, 0.15) is 11.6 Å². The van der Waals surface area contributed by atoms with Crippen LogP contribution in [0.3, 0.4) is 0 Å². The molecule has 7 heteroatoms. The summed E-state index contributed by atoms with van der Waals surface area (Å²) >= 11 is 3.37. The number of phenolic OH excluding ortho intramolecular Hbond substituents is 1. The molecule has 6 nitrogen and oxygen atoms in total. The van der Waals surface area contributed by atoms with Gasteiger partial charge in [-0.3, -0.25) is 4.79 Å². The van der Waals surface area contributed by atoms with Crippen LogP contribution < -0.4 is 9.64 Å². The van der Waals surface area contributed by atoms with Crippen molar-refractivity contribution in [2.75, 3.05) is 37.7 Å². The maximum absolute atomic E-state index is 12.9. The van der Waals surface area contributed by atoms with E-state index in [1.807, 2.05) is 31.2 Å². The first kappa shape index (κ1) is 20.7. The molecular formula is C22H22BrN3O3. The Morgan fingerprint density at radius 2 is 1.93 bits per heavy atom. The lowest BCUT2D eigenvalue weighted by atomic mass is 10.1. The Morgan fingerprint density at radius 1 is 1.24 bits per heavy atom. The van der Waals surface area contributed by atoms with E-state index >= 15 is 0 Å². The van der Waals surface area contributed by atoms with Crippen molar-refractivity contribution >= 4 is 33.6 Å². The van der Waals surface area contributed by atoms with Crippen LogP contribution in [0.15, 0.2) is 52.5 Å². The van der Waals surface area contributed by atoms with E-state index in [9.17, 15) is 15.2 Å². The number of nitriles is 1. The molecule has 1 aliphatic rings. The lowest BCUT2D eigenvalue weighted by Gasteiger charge is -2.36. The van der Waals surface area contributed by atoms with E-state index in [1.165, 1.54) is 12.1 Å². The number of carbonyl (C=O) groups is 1. The molecule has 0 unspecified atom stereocenters. The molecule has 1 N–H and O–H groups in total. The van der Waals surface area contributed by atoms with Gasteiger partial charge in [-0.25, -0.2) is 0 Å². The third kappa shape index (κ3) is 4.90. The molecule has 1 heterocycles. The zero-order valence-electron chi connectivity index (χ0n) is 16.1. The quantitative estimate of drug-likeness (QED) is 0.547. The van der Waals surface area contributed by atoms with Crippen LogP contribution in [-0.4, -0.2) is 48.7 Å². The second kappa shape index (κ2) is 9.48. The molecule has 2 aromatic rings. The minimum atomic E-state index is -0.293. The topological polar surface area (TPSA) is 76.8 Å². The van der Waals surface area contributed by atoms with Crippen molar-refractivity contribution in [2.24, 2.45) is 0 Å². The molecule has 0 saturated carbocycles. The number of aromatic hydroxyl groups is 1. The molecule has 1 aliphatic heterocycles. The maximum atomic E-state index is 12.9. The number of para-hydroxylation sites is 1. The Bertz CT molecular complexity index is 946. The van der Waals surface area contributed by atoms with E-state index in [0.29, 0.717) is 48.6 Å². The van der Waals surface area contributed by atoms with Gasteiger partial charge in [0, 0.05) is 36.3 Å². The number of halogens is 1. The molecule has 3 rings (SSSR count). The molecule has 0 spiro atoms. The smallest absolute Gasteiger partial charge is 0.264 e. The average Bonchev–Trinajstić information content (AvgIpc) is 2.75. The average molecular weight is 456 g/mol. The van der Waals surface area contributed by atoms with Crippen LogP contribution in [0.25, 0.3) is 6.08 Å². The van der Waals surface area contributed by atoms with Crippen LogP contribution in [0.4, 0.5) is 5.69 Å². The minimum Gasteiger partial charge on any atom is -0.504 e. The zero-order chi connectivity index (χ0) is 20.8. The lowest BCUT2D eigenvalue weighted by Crippen LogP contribution is -2.49. The van der Waals surface area contributed by atoms with E-state index < -0.39 is 0 Å². The largest absolute Gasteiger partial charge is 0.504 e. The van der Waals surface area contributed by atoms with Crippen LogP contribution in [0.5, 0.6) is 11.5 Å². The molecule has 0 atom stereocenters. The summed E-state index contributed by atoms with van der Waals surface area (Å²) in [6.07, 6.45) is 1.53. The molecule has 29 heavy (non-hydrogen) atoms. The van der Waals surface area contributed by atoms with Gasteiger partial charge in [-0.05, 0) is 42.8 Å². The van der Waals surface area contributed by atoms with Gasteiger partial charge in [0.25, 0.3) is 5.91 Å². The van der Waals surface area contributed by atoms with Crippen molar-refractivity contribution < 1.29 is 14.6 Å². The maximum Gasteiger partial charge on any atom is 0.264 e. The number of nitrogens with zero attached hydrogens (tertiary/aromatic N) is 3. The van der Waals surface area contributed by atoms with Crippen LogP contribution in [0.1, 0.15) is 12.5 Å². The van der Waals surface area contributed by atoms with E-state index in [-0.39, 0.29) is 17.2 Å². The first-order chi connectivity index (χ1) is 14.0. The number of hydrogen-bond donors (Lipinski definition) is 1. The minimum absolute atomic E-state index is 0.00209. The number of amides is 1. The third-order valence-electron chi connectivity index (χ3n) is 4.72. The molecular weight excluding hydrogens is 434 g/mol. The van der Waals surface area contributed by atoms with Crippen LogP contribution >= 0.6 is 15.9 Å². The fourth-order valence-corrected chi connectivity index (χ4v) is 3.66. The molecule has 0 aromatic heterocycles. The summed E-state index contributed by atoms with van der Waals surface area (Å²) in [6, 6.07) is 15.2. The fraction of sp³-hybridized carbons (Fsp3) is 0.273. The van der Waals surface area contributed by atoms with Gasteiger partial charge in [-0.1, -0.05) is 34.1 Å². The molecule has 0 bridgehead atoms. The number of carbonyl (C=O) groups excluding carboxylic acids is 1. The normalized spacial score (nSPS) is 14.4. The van der Waals surface area contributed by atoms with Crippen LogP contribution in [0.2, 0.25) is 0 Å². The highest BCUT2D eigenvalue weighted by Gasteiger charge is 2.24. The van der Waals surface area contributed by atoms with Crippen molar-refractivity contribution in [2.45, 2.75) is 6.92 Å². The third-order valence-corrected chi connectivity index (χ3v) is 5.40. The molecule has 1 saturated heterocycles. The van der Waals surface area contributed by atoms with E-state index in [2.05, 4.69) is 33.0 Å². The van der Waals surface area contributed by atoms with Gasteiger partial charge in [0.15, 0.2) is 11.5 Å². The van der Waals surface area contributed by atoms with Gasteiger partial charge in [-0.15, -0.1) is 0 Å². The number of piperazine rings is 1. The Labute approximate surface area is 178 Å². The Hall–Kier alpha value is -2.98. The summed E-state index contributed by atoms with van der Waals surface area (Å²) in [4.78, 5) is 16.8. The first-order valence-electron chi connectivity index (χ1n) is 9.40. The van der Waals surface area contributed by atoms with E-state index in [4.69, 9.17) is 4.74 Å². The number of phenols is 1. The summed E-state index contributed by atoms with van der Waals surface area (Å²) in [6.45, 7) is 4.74. The van der Waals surface area contributed by atoms with Crippen molar-refractivity contribution in [3.05, 3.63) is 58.1 Å². The first-order valence-corrected chi connectivity index (χ1v) is 10.2. The summed E-state index contributed by atoms with van der Waals surface area (Å²) < 4.78 is 5.97. The standard InChI is InChI=1S/C22H22BrN3O3/c1-2-29-21-13-16(19(23)14-20(21)27)12-17(15-24)22(28)26-10-8-25(9-11-26)18-6-4-3-5-7-18/h3-7,12-14,27H,2,8-11H2,1H3/b17-12-. The van der Waals surface area contributed by atoms with Crippen molar-refractivity contribution in [3.8, 4) is 17.6 Å². The molecule has 150 valence electrons. The highest BCUT2D eigenvalue weighted by molar-refractivity contribution is 9.10. The van der Waals surface area contributed by atoms with Gasteiger partial charge in [-0.2, -0.15) is 5.26 Å².